The van der Waals surface area contributed by atoms with E-state index in [1.807, 2.05) is 4.90 Å². The molecule has 1 atom stereocenters. The van der Waals surface area contributed by atoms with Gasteiger partial charge in [-0.1, -0.05) is 23.7 Å². The maximum atomic E-state index is 14.0. The van der Waals surface area contributed by atoms with Crippen molar-refractivity contribution in [3.63, 3.8) is 0 Å². The molecule has 4 rings (SSSR count). The van der Waals surface area contributed by atoms with Gasteiger partial charge in [0.25, 0.3) is 0 Å². The van der Waals surface area contributed by atoms with Crippen LogP contribution in [0.5, 0.6) is 5.75 Å². The Labute approximate surface area is 179 Å². The number of piperazine rings is 1. The van der Waals surface area contributed by atoms with Gasteiger partial charge in [0.1, 0.15) is 11.6 Å². The molecule has 30 heavy (non-hydrogen) atoms. The molecule has 2 fully saturated rings. The predicted molar refractivity (Wildman–Crippen MR) is 114 cm³/mol. The number of para-hydroxylation sites is 1. The minimum absolute atomic E-state index is 0.0416. The Bertz CT molecular complexity index is 962. The van der Waals surface area contributed by atoms with Gasteiger partial charge in [-0.3, -0.25) is 9.59 Å². The summed E-state index contributed by atoms with van der Waals surface area (Å²) >= 11 is 6.10. The van der Waals surface area contributed by atoms with E-state index in [9.17, 15) is 14.0 Å². The van der Waals surface area contributed by atoms with E-state index >= 15 is 0 Å². The molecule has 0 spiro atoms. The lowest BCUT2D eigenvalue weighted by Gasteiger charge is -2.37. The largest absolute Gasteiger partial charge is 0.495 e. The number of nitrogens with zero attached hydrogens (tertiary/aromatic N) is 3. The van der Waals surface area contributed by atoms with Crippen LogP contribution in [0.25, 0.3) is 0 Å². The monoisotopic (exact) mass is 431 g/mol. The molecule has 1 unspecified atom stereocenters. The van der Waals surface area contributed by atoms with Gasteiger partial charge in [-0.2, -0.15) is 0 Å². The zero-order chi connectivity index (χ0) is 21.3. The summed E-state index contributed by atoms with van der Waals surface area (Å²) in [6, 6.07) is 11.7. The van der Waals surface area contributed by atoms with Crippen molar-refractivity contribution in [1.29, 1.82) is 0 Å². The van der Waals surface area contributed by atoms with Gasteiger partial charge in [0, 0.05) is 44.2 Å². The highest BCUT2D eigenvalue weighted by Gasteiger charge is 2.39. The summed E-state index contributed by atoms with van der Waals surface area (Å²) in [5, 5.41) is 0.498. The molecule has 6 nitrogen and oxygen atoms in total. The van der Waals surface area contributed by atoms with Gasteiger partial charge in [-0.05, 0) is 30.3 Å². The Morgan fingerprint density at radius 1 is 1.10 bits per heavy atom. The quantitative estimate of drug-likeness (QED) is 0.746. The smallest absolute Gasteiger partial charge is 0.228 e. The van der Waals surface area contributed by atoms with Crippen LogP contribution in [0.2, 0.25) is 5.02 Å². The van der Waals surface area contributed by atoms with E-state index in [1.54, 1.807) is 46.2 Å². The first-order valence-corrected chi connectivity index (χ1v) is 10.3. The fourth-order valence-corrected chi connectivity index (χ4v) is 4.28. The van der Waals surface area contributed by atoms with Gasteiger partial charge in [-0.25, -0.2) is 4.39 Å². The molecule has 0 radical (unpaired) electrons. The number of hydrogen-bond acceptors (Lipinski definition) is 4. The Kier molecular flexibility index (Phi) is 5.81. The number of halogens is 2. The average Bonchev–Trinajstić information content (AvgIpc) is 3.15. The molecule has 8 heteroatoms. The van der Waals surface area contributed by atoms with Gasteiger partial charge < -0.3 is 19.4 Å². The fourth-order valence-electron chi connectivity index (χ4n) is 4.11. The van der Waals surface area contributed by atoms with Crippen LogP contribution in [0.4, 0.5) is 15.8 Å². The SMILES string of the molecule is COc1ccc(Cl)cc1N1CC(C(=O)N2CCN(c3ccccc3F)CC2)CC1=O. The molecular weight excluding hydrogens is 409 g/mol. The van der Waals surface area contributed by atoms with Crippen LogP contribution in [0.15, 0.2) is 42.5 Å². The third-order valence-corrected chi connectivity index (χ3v) is 5.93. The van der Waals surface area contributed by atoms with Crippen LogP contribution < -0.4 is 14.5 Å². The molecule has 158 valence electrons. The first-order valence-electron chi connectivity index (χ1n) is 9.90. The molecule has 2 aromatic rings. The summed E-state index contributed by atoms with van der Waals surface area (Å²) in [5.74, 6) is -0.302. The molecule has 0 aromatic heterocycles. The van der Waals surface area contributed by atoms with E-state index < -0.39 is 5.92 Å². The van der Waals surface area contributed by atoms with Crippen molar-refractivity contribution in [2.24, 2.45) is 5.92 Å². The van der Waals surface area contributed by atoms with Gasteiger partial charge in [0.15, 0.2) is 0 Å². The van der Waals surface area contributed by atoms with Crippen molar-refractivity contribution in [2.45, 2.75) is 6.42 Å². The minimum atomic E-state index is -0.416. The van der Waals surface area contributed by atoms with E-state index in [0.29, 0.717) is 54.9 Å². The normalized spacial score (nSPS) is 19.4. The van der Waals surface area contributed by atoms with Crippen molar-refractivity contribution >= 4 is 34.8 Å². The maximum Gasteiger partial charge on any atom is 0.228 e. The number of amides is 2. The second kappa shape index (κ2) is 8.52. The standard InChI is InChI=1S/C22H23ClFN3O3/c1-30-20-7-6-16(23)13-19(20)27-14-15(12-21(27)28)22(29)26-10-8-25(9-11-26)18-5-3-2-4-17(18)24/h2-7,13,15H,8-12,14H2,1H3. The Balaban J connectivity index is 1.41. The fraction of sp³-hybridized carbons (Fsp3) is 0.364. The zero-order valence-electron chi connectivity index (χ0n) is 16.7. The van der Waals surface area contributed by atoms with E-state index in [4.69, 9.17) is 16.3 Å². The number of rotatable bonds is 4. The third kappa shape index (κ3) is 3.94. The van der Waals surface area contributed by atoms with E-state index in [0.717, 1.165) is 0 Å². The van der Waals surface area contributed by atoms with Crippen molar-refractivity contribution < 1.29 is 18.7 Å². The lowest BCUT2D eigenvalue weighted by molar-refractivity contribution is -0.136. The van der Waals surface area contributed by atoms with E-state index in [-0.39, 0.29) is 24.1 Å². The van der Waals surface area contributed by atoms with Crippen LogP contribution in [0.3, 0.4) is 0 Å². The Morgan fingerprint density at radius 2 is 1.83 bits per heavy atom. The first kappa shape index (κ1) is 20.5. The van der Waals surface area contributed by atoms with Gasteiger partial charge in [-0.15, -0.1) is 0 Å². The predicted octanol–water partition coefficient (Wildman–Crippen LogP) is 3.19. The summed E-state index contributed by atoms with van der Waals surface area (Å²) < 4.78 is 19.4. The number of ether oxygens (including phenoxy) is 1. The molecule has 2 aliphatic heterocycles. The van der Waals surface area contributed by atoms with Crippen LogP contribution in [0, 0.1) is 11.7 Å². The van der Waals surface area contributed by atoms with Gasteiger partial charge >= 0.3 is 0 Å². The molecule has 0 N–H and O–H groups in total. The molecule has 2 aliphatic rings. The van der Waals surface area contributed by atoms with Gasteiger partial charge in [0.2, 0.25) is 11.8 Å². The second-order valence-electron chi connectivity index (χ2n) is 7.49. The van der Waals surface area contributed by atoms with Crippen LogP contribution in [-0.2, 0) is 9.59 Å². The number of methoxy groups -OCH3 is 1. The Hall–Kier alpha value is -2.80. The number of hydrogen-bond donors (Lipinski definition) is 0. The van der Waals surface area contributed by atoms with Crippen molar-refractivity contribution in [3.05, 3.63) is 53.3 Å². The van der Waals surface area contributed by atoms with Crippen LogP contribution in [0.1, 0.15) is 6.42 Å². The molecule has 2 aromatic carbocycles. The average molecular weight is 432 g/mol. The first-order chi connectivity index (χ1) is 14.5. The van der Waals surface area contributed by atoms with E-state index in [1.165, 1.54) is 13.2 Å². The number of benzene rings is 2. The molecule has 0 aliphatic carbocycles. The van der Waals surface area contributed by atoms with Crippen LogP contribution >= 0.6 is 11.6 Å². The highest BCUT2D eigenvalue weighted by molar-refractivity contribution is 6.31. The summed E-state index contributed by atoms with van der Waals surface area (Å²) in [5.41, 5.74) is 1.13. The molecule has 2 heterocycles. The number of carbonyl (C=O) groups excluding carboxylic acids is 2. The summed E-state index contributed by atoms with van der Waals surface area (Å²) in [4.78, 5) is 31.0. The lowest BCUT2D eigenvalue weighted by Crippen LogP contribution is -2.51. The van der Waals surface area contributed by atoms with Crippen molar-refractivity contribution in [2.75, 3.05) is 49.6 Å². The molecular formula is C22H23ClFN3O3. The van der Waals surface area contributed by atoms with Crippen molar-refractivity contribution in [1.82, 2.24) is 4.90 Å². The molecule has 2 saturated heterocycles. The number of carbonyl (C=O) groups is 2. The third-order valence-electron chi connectivity index (χ3n) is 5.69. The highest BCUT2D eigenvalue weighted by Crippen LogP contribution is 2.35. The van der Waals surface area contributed by atoms with E-state index in [2.05, 4.69) is 0 Å². The van der Waals surface area contributed by atoms with Crippen molar-refractivity contribution in [3.8, 4) is 5.75 Å². The highest BCUT2D eigenvalue weighted by atomic mass is 35.5. The molecule has 0 saturated carbocycles. The second-order valence-corrected chi connectivity index (χ2v) is 7.92. The number of anilines is 2. The lowest BCUT2D eigenvalue weighted by atomic mass is 10.1. The van der Waals surface area contributed by atoms with Crippen LogP contribution in [-0.4, -0.2) is 56.5 Å². The van der Waals surface area contributed by atoms with Gasteiger partial charge in [0.05, 0.1) is 24.4 Å². The topological polar surface area (TPSA) is 53.1 Å². The molecule has 2 amide bonds. The molecule has 0 bridgehead atoms. The zero-order valence-corrected chi connectivity index (χ0v) is 17.4. The minimum Gasteiger partial charge on any atom is -0.495 e. The summed E-state index contributed by atoms with van der Waals surface area (Å²) in [7, 11) is 1.53. The maximum absolute atomic E-state index is 14.0. The Morgan fingerprint density at radius 3 is 2.53 bits per heavy atom. The summed E-state index contributed by atoms with van der Waals surface area (Å²) in [6.45, 7) is 2.40. The summed E-state index contributed by atoms with van der Waals surface area (Å²) in [6.07, 6.45) is 0.155.